The van der Waals surface area contributed by atoms with E-state index in [-0.39, 0.29) is 28.7 Å². The van der Waals surface area contributed by atoms with Crippen LogP contribution in [0.3, 0.4) is 0 Å². The number of ketones is 1. The molecule has 0 unspecified atom stereocenters. The van der Waals surface area contributed by atoms with Crippen molar-refractivity contribution in [2.24, 2.45) is 34.5 Å². The highest BCUT2D eigenvalue weighted by Gasteiger charge is 2.62. The summed E-state index contributed by atoms with van der Waals surface area (Å²) in [6.45, 7) is 6.91. The average molecular weight is 547 g/mol. The van der Waals surface area contributed by atoms with Gasteiger partial charge in [-0.15, -0.1) is 0 Å². The maximum Gasteiger partial charge on any atom is 0.216 e. The fraction of sp³-hybridized carbons (Fsp3) is 0.960. The van der Waals surface area contributed by atoms with Crippen LogP contribution in [0.2, 0.25) is 0 Å². The van der Waals surface area contributed by atoms with Crippen LogP contribution in [0.15, 0.2) is 0 Å². The van der Waals surface area contributed by atoms with E-state index in [2.05, 4.69) is 29.8 Å². The first-order valence-electron chi connectivity index (χ1n) is 13.0. The van der Waals surface area contributed by atoms with Gasteiger partial charge in [-0.1, -0.05) is 29.8 Å². The molecule has 8 atom stereocenters. The third-order valence-corrected chi connectivity index (χ3v) is 13.0. The van der Waals surface area contributed by atoms with E-state index in [4.69, 9.17) is 9.47 Å². The van der Waals surface area contributed by atoms with Crippen LogP contribution < -0.4 is 0 Å². The van der Waals surface area contributed by atoms with Gasteiger partial charge in [0, 0.05) is 18.5 Å². The summed E-state index contributed by atoms with van der Waals surface area (Å²) in [4.78, 5) is 12.9. The van der Waals surface area contributed by atoms with Crippen molar-refractivity contribution in [3.05, 3.63) is 0 Å². The third kappa shape index (κ3) is 4.28. The van der Waals surface area contributed by atoms with Crippen LogP contribution >= 0.6 is 15.9 Å². The molecule has 0 amide bonds. The SMILES string of the molecule is C[C@]12CC[C@H](OCCS(=O)(=O)N3CCOCC3)C[C@@H]1CC[C@@H]1[C@@H]2CC[C@]2(C)C(=O)[C@H](Br)C[C@@H]12. The van der Waals surface area contributed by atoms with Crippen molar-refractivity contribution in [2.75, 3.05) is 38.7 Å². The van der Waals surface area contributed by atoms with Crippen LogP contribution in [-0.4, -0.2) is 68.1 Å². The highest BCUT2D eigenvalue weighted by molar-refractivity contribution is 9.10. The van der Waals surface area contributed by atoms with Gasteiger partial charge >= 0.3 is 0 Å². The lowest BCUT2D eigenvalue weighted by atomic mass is 9.45. The Labute approximate surface area is 207 Å². The molecule has 0 aromatic rings. The summed E-state index contributed by atoms with van der Waals surface area (Å²) >= 11 is 3.68. The maximum atomic E-state index is 12.9. The Morgan fingerprint density at radius 2 is 1.82 bits per heavy atom. The van der Waals surface area contributed by atoms with Crippen molar-refractivity contribution < 1.29 is 22.7 Å². The van der Waals surface area contributed by atoms with E-state index in [0.717, 1.165) is 32.1 Å². The zero-order valence-electron chi connectivity index (χ0n) is 20.1. The summed E-state index contributed by atoms with van der Waals surface area (Å²) < 4.78 is 38.2. The van der Waals surface area contributed by atoms with Crippen molar-refractivity contribution in [1.82, 2.24) is 4.31 Å². The van der Waals surface area contributed by atoms with Gasteiger partial charge in [-0.25, -0.2) is 8.42 Å². The van der Waals surface area contributed by atoms with E-state index in [1.165, 1.54) is 19.3 Å². The Morgan fingerprint density at radius 3 is 2.58 bits per heavy atom. The number of rotatable bonds is 5. The largest absolute Gasteiger partial charge is 0.379 e. The Balaban J connectivity index is 1.18. The molecular formula is C25H40BrNO5S. The lowest BCUT2D eigenvalue weighted by Crippen LogP contribution is -2.54. The minimum absolute atomic E-state index is 0.0506. The number of carbonyl (C=O) groups is 1. The molecule has 5 aliphatic rings. The van der Waals surface area contributed by atoms with Crippen LogP contribution in [0, 0.1) is 34.5 Å². The molecule has 5 rings (SSSR count). The molecular weight excluding hydrogens is 506 g/mol. The first-order valence-corrected chi connectivity index (χ1v) is 15.5. The molecule has 0 bridgehead atoms. The number of sulfonamides is 1. The third-order valence-electron chi connectivity index (χ3n) is 10.4. The highest BCUT2D eigenvalue weighted by Crippen LogP contribution is 2.66. The Bertz CT molecular complexity index is 861. The number of Topliss-reactive ketones (excluding diaryl/α,β-unsaturated/α-hetero) is 1. The minimum Gasteiger partial charge on any atom is -0.379 e. The van der Waals surface area contributed by atoms with E-state index >= 15 is 0 Å². The number of hydrogen-bond acceptors (Lipinski definition) is 5. The summed E-state index contributed by atoms with van der Waals surface area (Å²) in [7, 11) is -3.26. The average Bonchev–Trinajstić information content (AvgIpc) is 3.03. The molecule has 4 saturated carbocycles. The first kappa shape index (κ1) is 24.7. The van der Waals surface area contributed by atoms with Gasteiger partial charge in [0.1, 0.15) is 0 Å². The predicted molar refractivity (Wildman–Crippen MR) is 131 cm³/mol. The number of ether oxygens (including phenoxy) is 2. The van der Waals surface area contributed by atoms with Gasteiger partial charge < -0.3 is 9.47 Å². The number of morpholine rings is 1. The zero-order chi connectivity index (χ0) is 23.4. The lowest BCUT2D eigenvalue weighted by molar-refractivity contribution is -0.144. The number of alkyl halides is 1. The van der Waals surface area contributed by atoms with Crippen molar-refractivity contribution in [2.45, 2.75) is 76.1 Å². The summed E-state index contributed by atoms with van der Waals surface area (Å²) in [6, 6.07) is 0. The van der Waals surface area contributed by atoms with Gasteiger partial charge in [-0.3, -0.25) is 4.79 Å². The Kier molecular flexibility index (Phi) is 6.82. The molecule has 0 aromatic heterocycles. The summed E-state index contributed by atoms with van der Waals surface area (Å²) in [5.74, 6) is 3.08. The zero-order valence-corrected chi connectivity index (χ0v) is 22.5. The second kappa shape index (κ2) is 9.13. The number of hydrogen-bond donors (Lipinski definition) is 0. The summed E-state index contributed by atoms with van der Waals surface area (Å²) in [6.07, 6.45) is 9.10. The van der Waals surface area contributed by atoms with E-state index in [1.54, 1.807) is 4.31 Å². The normalized spacial score (nSPS) is 46.5. The second-order valence-electron chi connectivity index (χ2n) is 11.8. The molecule has 188 valence electrons. The van der Waals surface area contributed by atoms with Gasteiger partial charge in [0.2, 0.25) is 10.0 Å². The number of halogens is 1. The van der Waals surface area contributed by atoms with Crippen molar-refractivity contribution in [1.29, 1.82) is 0 Å². The molecule has 5 fully saturated rings. The Hall–Kier alpha value is -0.0200. The highest BCUT2D eigenvalue weighted by atomic mass is 79.9. The number of carbonyl (C=O) groups excluding carboxylic acids is 1. The van der Waals surface area contributed by atoms with Gasteiger partial charge in [-0.2, -0.15) is 4.31 Å². The lowest BCUT2D eigenvalue weighted by Gasteiger charge is -2.60. The minimum atomic E-state index is -3.26. The van der Waals surface area contributed by atoms with E-state index in [1.807, 2.05) is 0 Å². The van der Waals surface area contributed by atoms with Crippen LogP contribution in [0.5, 0.6) is 0 Å². The topological polar surface area (TPSA) is 72.9 Å². The van der Waals surface area contributed by atoms with E-state index < -0.39 is 10.0 Å². The molecule has 4 aliphatic carbocycles. The molecule has 6 nitrogen and oxygen atoms in total. The second-order valence-corrected chi connectivity index (χ2v) is 15.0. The predicted octanol–water partition coefficient (Wildman–Crippen LogP) is 4.02. The molecule has 0 radical (unpaired) electrons. The number of fused-ring (bicyclic) bond motifs is 5. The molecule has 33 heavy (non-hydrogen) atoms. The van der Waals surface area contributed by atoms with Crippen LogP contribution in [0.1, 0.15) is 65.2 Å². The molecule has 0 aromatic carbocycles. The van der Waals surface area contributed by atoms with E-state index in [9.17, 15) is 13.2 Å². The van der Waals surface area contributed by atoms with Crippen LogP contribution in [0.4, 0.5) is 0 Å². The molecule has 8 heteroatoms. The van der Waals surface area contributed by atoms with E-state index in [0.29, 0.717) is 61.2 Å². The summed E-state index contributed by atoms with van der Waals surface area (Å²) in [5.41, 5.74) is 0.211. The fourth-order valence-corrected chi connectivity index (χ4v) is 10.6. The quantitative estimate of drug-likeness (QED) is 0.488. The standard InChI is InChI=1S/C25H40BrNO5S/c1-24-7-5-18(32-13-14-33(29,30)27-9-11-31-12-10-27)15-17(24)3-4-19-20(24)6-8-25(2)21(19)16-22(26)23(25)28/h17-22H,3-16H2,1-2H3/t17-,18-,19+,20-,21-,22+,24-,25-/m0/s1. The van der Waals surface area contributed by atoms with Gasteiger partial charge in [0.15, 0.2) is 5.78 Å². The first-order chi connectivity index (χ1) is 15.6. The van der Waals surface area contributed by atoms with Gasteiger partial charge in [-0.05, 0) is 80.5 Å². The maximum absolute atomic E-state index is 12.9. The van der Waals surface area contributed by atoms with Crippen molar-refractivity contribution >= 4 is 31.7 Å². The van der Waals surface area contributed by atoms with Crippen molar-refractivity contribution in [3.63, 3.8) is 0 Å². The number of nitrogens with zero attached hydrogens (tertiary/aromatic N) is 1. The van der Waals surface area contributed by atoms with Crippen molar-refractivity contribution in [3.8, 4) is 0 Å². The Morgan fingerprint density at radius 1 is 1.06 bits per heavy atom. The fourth-order valence-electron chi connectivity index (χ4n) is 8.39. The van der Waals surface area contributed by atoms with Gasteiger partial charge in [0.05, 0.1) is 36.5 Å². The van der Waals surface area contributed by atoms with Crippen LogP contribution in [-0.2, 0) is 24.3 Å². The molecule has 0 spiro atoms. The molecule has 0 N–H and O–H groups in total. The monoisotopic (exact) mass is 545 g/mol. The molecule has 1 aliphatic heterocycles. The van der Waals surface area contributed by atoms with Gasteiger partial charge in [0.25, 0.3) is 0 Å². The molecule has 1 heterocycles. The molecule has 1 saturated heterocycles. The van der Waals surface area contributed by atoms with Crippen LogP contribution in [0.25, 0.3) is 0 Å². The smallest absolute Gasteiger partial charge is 0.216 e. The summed E-state index contributed by atoms with van der Waals surface area (Å²) in [5, 5.41) is 0.